The van der Waals surface area contributed by atoms with Crippen molar-refractivity contribution in [1.29, 1.82) is 0 Å². The second-order valence-electron chi connectivity index (χ2n) is 5.05. The average Bonchev–Trinajstić information content (AvgIpc) is 2.69. The molecule has 5 heteroatoms. The monoisotopic (exact) mass is 260 g/mol. The van der Waals surface area contributed by atoms with Gasteiger partial charge in [0.2, 0.25) is 0 Å². The lowest BCUT2D eigenvalue weighted by Crippen LogP contribution is -2.28. The lowest BCUT2D eigenvalue weighted by molar-refractivity contribution is -0.177. The molecule has 1 atom stereocenters. The van der Waals surface area contributed by atoms with Crippen LogP contribution in [-0.4, -0.2) is 16.1 Å². The number of unbranched alkanes of at least 4 members (excludes halogenated alkanes) is 2. The van der Waals surface area contributed by atoms with Gasteiger partial charge in [-0.1, -0.05) is 19.8 Å². The number of nitrogens with one attached hydrogen (secondary N) is 1. The van der Waals surface area contributed by atoms with Crippen LogP contribution >= 0.6 is 0 Å². The first kappa shape index (κ1) is 13.4. The van der Waals surface area contributed by atoms with Crippen LogP contribution < -0.4 is 0 Å². The van der Waals surface area contributed by atoms with Crippen LogP contribution in [0.15, 0.2) is 0 Å². The fraction of sp³-hybridized carbons (Fsp3) is 0.769. The maximum atomic E-state index is 12.7. The van der Waals surface area contributed by atoms with Crippen molar-refractivity contribution in [2.24, 2.45) is 5.92 Å². The second kappa shape index (κ2) is 5.33. The first-order valence-electron chi connectivity index (χ1n) is 6.64. The molecule has 0 bridgehead atoms. The van der Waals surface area contributed by atoms with Crippen LogP contribution in [0.5, 0.6) is 0 Å². The molecule has 18 heavy (non-hydrogen) atoms. The lowest BCUT2D eigenvalue weighted by Gasteiger charge is -2.23. The van der Waals surface area contributed by atoms with E-state index in [0.717, 1.165) is 37.2 Å². The molecule has 1 aromatic heterocycles. The molecule has 0 aromatic carbocycles. The Morgan fingerprint density at radius 1 is 1.33 bits per heavy atom. The fourth-order valence-electron chi connectivity index (χ4n) is 2.48. The molecule has 0 radical (unpaired) electrons. The molecule has 102 valence electrons. The highest BCUT2D eigenvalue weighted by Gasteiger charge is 2.41. The van der Waals surface area contributed by atoms with Crippen LogP contribution in [0.25, 0.3) is 0 Å². The summed E-state index contributed by atoms with van der Waals surface area (Å²) >= 11 is 0. The third-order valence-corrected chi connectivity index (χ3v) is 3.57. The van der Waals surface area contributed by atoms with Crippen molar-refractivity contribution >= 4 is 0 Å². The molecular formula is C13H19F3N2. The van der Waals surface area contributed by atoms with E-state index in [1.165, 1.54) is 0 Å². The Morgan fingerprint density at radius 3 is 2.78 bits per heavy atom. The summed E-state index contributed by atoms with van der Waals surface area (Å²) in [4.78, 5) is 7.50. The Bertz CT molecular complexity index is 395. The first-order chi connectivity index (χ1) is 8.50. The largest absolute Gasteiger partial charge is 0.392 e. The van der Waals surface area contributed by atoms with Gasteiger partial charge in [-0.3, -0.25) is 0 Å². The van der Waals surface area contributed by atoms with Crippen molar-refractivity contribution in [2.75, 3.05) is 0 Å². The minimum absolute atomic E-state index is 0.0691. The summed E-state index contributed by atoms with van der Waals surface area (Å²) in [6.45, 7) is 2.13. The van der Waals surface area contributed by atoms with E-state index in [1.807, 2.05) is 0 Å². The van der Waals surface area contributed by atoms with E-state index in [1.54, 1.807) is 0 Å². The molecule has 1 unspecified atom stereocenters. The Labute approximate surface area is 105 Å². The number of imidazole rings is 1. The zero-order chi connectivity index (χ0) is 13.2. The third kappa shape index (κ3) is 3.06. The number of aromatic amines is 1. The Balaban J connectivity index is 2.00. The maximum Gasteiger partial charge on any atom is 0.392 e. The van der Waals surface area contributed by atoms with Crippen molar-refractivity contribution in [1.82, 2.24) is 9.97 Å². The summed E-state index contributed by atoms with van der Waals surface area (Å²) < 4.78 is 38.0. The molecular weight excluding hydrogens is 241 g/mol. The third-order valence-electron chi connectivity index (χ3n) is 3.57. The minimum atomic E-state index is -4.08. The molecule has 1 N–H and O–H groups in total. The second-order valence-corrected chi connectivity index (χ2v) is 5.05. The van der Waals surface area contributed by atoms with Crippen molar-refractivity contribution in [3.63, 3.8) is 0 Å². The zero-order valence-corrected chi connectivity index (χ0v) is 10.6. The Morgan fingerprint density at radius 2 is 2.11 bits per heavy atom. The van der Waals surface area contributed by atoms with Crippen molar-refractivity contribution in [3.05, 3.63) is 17.2 Å². The van der Waals surface area contributed by atoms with Gasteiger partial charge in [0.15, 0.2) is 0 Å². The number of hydrogen-bond acceptors (Lipinski definition) is 1. The van der Waals surface area contributed by atoms with E-state index in [0.29, 0.717) is 12.1 Å². The number of aryl methyl sites for hydroxylation is 2. The predicted molar refractivity (Wildman–Crippen MR) is 63.4 cm³/mol. The average molecular weight is 260 g/mol. The summed E-state index contributed by atoms with van der Waals surface area (Å²) in [5, 5.41) is 0. The highest BCUT2D eigenvalue weighted by atomic mass is 19.4. The summed E-state index contributed by atoms with van der Waals surface area (Å²) in [5.74, 6) is -0.342. The molecule has 0 fully saturated rings. The summed E-state index contributed by atoms with van der Waals surface area (Å²) in [5.41, 5.74) is 1.55. The smallest absolute Gasteiger partial charge is 0.346 e. The number of halogens is 3. The summed E-state index contributed by atoms with van der Waals surface area (Å²) in [6.07, 6.45) is 0.778. The molecule has 0 aliphatic heterocycles. The van der Waals surface area contributed by atoms with Gasteiger partial charge in [0.25, 0.3) is 0 Å². The van der Waals surface area contributed by atoms with Gasteiger partial charge in [-0.2, -0.15) is 13.2 Å². The van der Waals surface area contributed by atoms with Crippen LogP contribution in [0.4, 0.5) is 13.2 Å². The standard InChI is InChI=1S/C13H19F3N2/c1-2-3-4-5-12-17-10-7-6-9(13(14,15)16)8-11(10)18-12/h9H,2-8H2,1H3,(H,17,18). The van der Waals surface area contributed by atoms with E-state index in [4.69, 9.17) is 0 Å². The van der Waals surface area contributed by atoms with Gasteiger partial charge in [-0.15, -0.1) is 0 Å². The molecule has 0 amide bonds. The molecule has 1 heterocycles. The van der Waals surface area contributed by atoms with Gasteiger partial charge in [0, 0.05) is 18.5 Å². The molecule has 1 aliphatic rings. The van der Waals surface area contributed by atoms with Gasteiger partial charge in [0.1, 0.15) is 5.82 Å². The topological polar surface area (TPSA) is 28.7 Å². The summed E-state index contributed by atoms with van der Waals surface area (Å²) in [7, 11) is 0. The molecule has 1 aliphatic carbocycles. The number of hydrogen-bond donors (Lipinski definition) is 1. The molecule has 0 saturated heterocycles. The van der Waals surface area contributed by atoms with E-state index in [-0.39, 0.29) is 12.8 Å². The van der Waals surface area contributed by atoms with E-state index in [9.17, 15) is 13.2 Å². The first-order valence-corrected chi connectivity index (χ1v) is 6.64. The van der Waals surface area contributed by atoms with E-state index < -0.39 is 12.1 Å². The fourth-order valence-corrected chi connectivity index (χ4v) is 2.48. The molecule has 1 aromatic rings. The number of aromatic nitrogens is 2. The lowest BCUT2D eigenvalue weighted by atomic mass is 9.89. The van der Waals surface area contributed by atoms with E-state index >= 15 is 0 Å². The van der Waals surface area contributed by atoms with Crippen molar-refractivity contribution < 1.29 is 13.2 Å². The van der Waals surface area contributed by atoms with Crippen molar-refractivity contribution in [2.45, 2.75) is 58.0 Å². The number of nitrogens with zero attached hydrogens (tertiary/aromatic N) is 1. The van der Waals surface area contributed by atoms with Crippen LogP contribution in [0, 0.1) is 5.92 Å². The molecule has 2 rings (SSSR count). The van der Waals surface area contributed by atoms with E-state index in [2.05, 4.69) is 16.9 Å². The van der Waals surface area contributed by atoms with Gasteiger partial charge in [-0.25, -0.2) is 4.98 Å². The molecule has 0 spiro atoms. The molecule has 0 saturated carbocycles. The van der Waals surface area contributed by atoms with Crippen LogP contribution in [0.3, 0.4) is 0 Å². The van der Waals surface area contributed by atoms with Crippen LogP contribution in [-0.2, 0) is 19.3 Å². The number of rotatable bonds is 4. The normalized spacial score (nSPS) is 19.9. The maximum absolute atomic E-state index is 12.7. The van der Waals surface area contributed by atoms with Crippen LogP contribution in [0.1, 0.15) is 49.8 Å². The SMILES string of the molecule is CCCCCc1nc2c([nH]1)CC(C(F)(F)F)CC2. The zero-order valence-electron chi connectivity index (χ0n) is 10.6. The predicted octanol–water partition coefficient (Wildman–Crippen LogP) is 3.81. The van der Waals surface area contributed by atoms with Crippen LogP contribution in [0.2, 0.25) is 0 Å². The number of fused-ring (bicyclic) bond motifs is 1. The van der Waals surface area contributed by atoms with Gasteiger partial charge < -0.3 is 4.98 Å². The Hall–Kier alpha value is -1.00. The van der Waals surface area contributed by atoms with Gasteiger partial charge >= 0.3 is 6.18 Å². The quantitative estimate of drug-likeness (QED) is 0.819. The highest BCUT2D eigenvalue weighted by molar-refractivity contribution is 5.19. The number of H-pyrrole nitrogens is 1. The molecule has 2 nitrogen and oxygen atoms in total. The highest BCUT2D eigenvalue weighted by Crippen LogP contribution is 2.36. The number of alkyl halides is 3. The summed E-state index contributed by atoms with van der Waals surface area (Å²) in [6, 6.07) is 0. The van der Waals surface area contributed by atoms with Gasteiger partial charge in [0.05, 0.1) is 11.6 Å². The Kier molecular flexibility index (Phi) is 3.97. The van der Waals surface area contributed by atoms with Crippen molar-refractivity contribution in [3.8, 4) is 0 Å². The minimum Gasteiger partial charge on any atom is -0.346 e. The van der Waals surface area contributed by atoms with Gasteiger partial charge in [-0.05, 0) is 19.3 Å².